The summed E-state index contributed by atoms with van der Waals surface area (Å²) in [5.41, 5.74) is -0.539. The molecule has 0 aromatic carbocycles. The fourth-order valence-electron chi connectivity index (χ4n) is 1.89. The molecule has 1 amide bonds. The second-order valence-corrected chi connectivity index (χ2v) is 5.55. The molecule has 0 aromatic heterocycles. The molecule has 1 heterocycles. The Kier molecular flexibility index (Phi) is 4.80. The van der Waals surface area contributed by atoms with E-state index in [1.54, 1.807) is 0 Å². The molecule has 0 unspecified atom stereocenters. The average molecular weight is 262 g/mol. The lowest BCUT2D eigenvalue weighted by atomic mass is 10.00. The van der Waals surface area contributed by atoms with Crippen molar-refractivity contribution in [3.8, 4) is 0 Å². The number of piperidine rings is 1. The lowest BCUT2D eigenvalue weighted by Crippen LogP contribution is -2.50. The highest BCUT2D eigenvalue weighted by molar-refractivity contribution is 6.28. The molecule has 1 saturated heterocycles. The molecule has 0 aromatic rings. The van der Waals surface area contributed by atoms with Crippen LogP contribution in [0.1, 0.15) is 40.0 Å². The molecule has 4 nitrogen and oxygen atoms in total. The lowest BCUT2D eigenvalue weighted by Gasteiger charge is -2.35. The van der Waals surface area contributed by atoms with Gasteiger partial charge in [-0.1, -0.05) is 0 Å². The average Bonchev–Trinajstić information content (AvgIpc) is 2.25. The molecule has 17 heavy (non-hydrogen) atoms. The van der Waals surface area contributed by atoms with E-state index in [0.717, 1.165) is 12.8 Å². The minimum atomic E-state index is -0.539. The highest BCUT2D eigenvalue weighted by atomic mass is 35.5. The summed E-state index contributed by atoms with van der Waals surface area (Å²) >= 11 is 5.56. The van der Waals surface area contributed by atoms with Crippen molar-refractivity contribution in [1.29, 1.82) is 0 Å². The molecule has 1 fully saturated rings. The molecule has 0 aliphatic carbocycles. The maximum atomic E-state index is 12.0. The summed E-state index contributed by atoms with van der Waals surface area (Å²) in [6.07, 6.45) is 2.13. The molecular weight excluding hydrogens is 242 g/mol. The molecule has 0 spiro atoms. The minimum Gasteiger partial charge on any atom is -0.444 e. The van der Waals surface area contributed by atoms with Crippen molar-refractivity contribution in [2.45, 2.75) is 51.7 Å². The van der Waals surface area contributed by atoms with E-state index in [1.807, 2.05) is 20.8 Å². The zero-order valence-corrected chi connectivity index (χ0v) is 11.4. The van der Waals surface area contributed by atoms with Crippen LogP contribution in [0.15, 0.2) is 0 Å². The van der Waals surface area contributed by atoms with Crippen LogP contribution < -0.4 is 0 Å². The summed E-state index contributed by atoms with van der Waals surface area (Å²) in [6.45, 7) is 6.01. The predicted molar refractivity (Wildman–Crippen MR) is 66.3 cm³/mol. The zero-order valence-electron chi connectivity index (χ0n) is 10.7. The molecule has 0 bridgehead atoms. The van der Waals surface area contributed by atoms with Gasteiger partial charge in [-0.05, 0) is 40.0 Å². The molecular formula is C12H20ClNO3. The molecule has 98 valence electrons. The van der Waals surface area contributed by atoms with E-state index in [9.17, 15) is 9.59 Å². The molecule has 5 heteroatoms. The molecule has 1 aliphatic rings. The van der Waals surface area contributed by atoms with Gasteiger partial charge in [-0.15, -0.1) is 11.6 Å². The summed E-state index contributed by atoms with van der Waals surface area (Å²) in [4.78, 5) is 25.1. The molecule has 0 radical (unpaired) electrons. The summed E-state index contributed by atoms with van der Waals surface area (Å²) in [7, 11) is 0. The van der Waals surface area contributed by atoms with E-state index in [1.165, 1.54) is 4.90 Å². The Morgan fingerprint density at radius 3 is 2.53 bits per heavy atom. The van der Waals surface area contributed by atoms with E-state index in [-0.39, 0.29) is 11.7 Å². The number of ketones is 1. The second-order valence-electron chi connectivity index (χ2n) is 5.29. The maximum Gasteiger partial charge on any atom is 0.410 e. The Balaban J connectivity index is 2.71. The smallest absolute Gasteiger partial charge is 0.410 e. The Morgan fingerprint density at radius 1 is 1.35 bits per heavy atom. The van der Waals surface area contributed by atoms with Crippen LogP contribution in [0, 0.1) is 0 Å². The van der Waals surface area contributed by atoms with Gasteiger partial charge < -0.3 is 4.74 Å². The number of likely N-dealkylation sites (tertiary alicyclic amines) is 1. The lowest BCUT2D eigenvalue weighted by molar-refractivity contribution is -0.123. The molecule has 0 saturated carbocycles. The van der Waals surface area contributed by atoms with Crippen LogP contribution in [0.4, 0.5) is 4.79 Å². The fraction of sp³-hybridized carbons (Fsp3) is 0.833. The normalized spacial score (nSPS) is 21.2. The zero-order chi connectivity index (χ0) is 13.1. The number of hydrogen-bond acceptors (Lipinski definition) is 3. The predicted octanol–water partition coefficient (Wildman–Crippen LogP) is 2.58. The van der Waals surface area contributed by atoms with Crippen LogP contribution in [0.3, 0.4) is 0 Å². The number of rotatable bonds is 2. The van der Waals surface area contributed by atoms with Crippen molar-refractivity contribution >= 4 is 23.5 Å². The van der Waals surface area contributed by atoms with Gasteiger partial charge >= 0.3 is 6.09 Å². The third-order valence-electron chi connectivity index (χ3n) is 2.63. The number of Topliss-reactive ketones (excluding diaryl/α,β-unsaturated/α-hetero) is 1. The van der Waals surface area contributed by atoms with Gasteiger partial charge in [0.25, 0.3) is 0 Å². The van der Waals surface area contributed by atoms with Crippen molar-refractivity contribution in [2.24, 2.45) is 0 Å². The highest BCUT2D eigenvalue weighted by Gasteiger charge is 2.33. The van der Waals surface area contributed by atoms with Crippen LogP contribution in [0.2, 0.25) is 0 Å². The topological polar surface area (TPSA) is 46.6 Å². The van der Waals surface area contributed by atoms with Gasteiger partial charge in [-0.25, -0.2) is 4.79 Å². The maximum absolute atomic E-state index is 12.0. The van der Waals surface area contributed by atoms with Crippen LogP contribution in [0.25, 0.3) is 0 Å². The van der Waals surface area contributed by atoms with Crippen molar-refractivity contribution in [3.63, 3.8) is 0 Å². The van der Waals surface area contributed by atoms with Gasteiger partial charge in [0.15, 0.2) is 5.78 Å². The van der Waals surface area contributed by atoms with E-state index in [0.29, 0.717) is 13.0 Å². The number of nitrogens with zero attached hydrogens (tertiary/aromatic N) is 1. The largest absolute Gasteiger partial charge is 0.444 e. The number of amides is 1. The quantitative estimate of drug-likeness (QED) is 0.718. The van der Waals surface area contributed by atoms with Crippen LogP contribution in [-0.2, 0) is 9.53 Å². The summed E-state index contributed by atoms with van der Waals surface area (Å²) in [6, 6.07) is -0.406. The van der Waals surface area contributed by atoms with E-state index in [2.05, 4.69) is 0 Å². The Hall–Kier alpha value is -0.770. The number of halogens is 1. The second kappa shape index (κ2) is 5.71. The monoisotopic (exact) mass is 261 g/mol. The first-order valence-electron chi connectivity index (χ1n) is 5.93. The Bertz CT molecular complexity index is 299. The van der Waals surface area contributed by atoms with E-state index >= 15 is 0 Å². The van der Waals surface area contributed by atoms with Gasteiger partial charge in [0.2, 0.25) is 0 Å². The van der Waals surface area contributed by atoms with Crippen molar-refractivity contribution in [1.82, 2.24) is 4.90 Å². The first-order chi connectivity index (χ1) is 7.85. The molecule has 1 aliphatic heterocycles. The Labute approximate surface area is 107 Å². The van der Waals surface area contributed by atoms with Gasteiger partial charge in [0, 0.05) is 6.54 Å². The van der Waals surface area contributed by atoms with E-state index in [4.69, 9.17) is 16.3 Å². The van der Waals surface area contributed by atoms with Gasteiger partial charge in [-0.2, -0.15) is 0 Å². The van der Waals surface area contributed by atoms with Crippen molar-refractivity contribution in [3.05, 3.63) is 0 Å². The van der Waals surface area contributed by atoms with Crippen molar-refractivity contribution < 1.29 is 14.3 Å². The van der Waals surface area contributed by atoms with Gasteiger partial charge in [-0.3, -0.25) is 9.69 Å². The number of hydrogen-bond donors (Lipinski definition) is 0. The van der Waals surface area contributed by atoms with Gasteiger partial charge in [0.1, 0.15) is 5.60 Å². The Morgan fingerprint density at radius 2 is 2.00 bits per heavy atom. The van der Waals surface area contributed by atoms with Crippen LogP contribution in [0.5, 0.6) is 0 Å². The first kappa shape index (κ1) is 14.3. The summed E-state index contributed by atoms with van der Waals surface area (Å²) in [5, 5.41) is 0. The van der Waals surface area contributed by atoms with Crippen LogP contribution >= 0.6 is 11.6 Å². The number of alkyl halides is 1. The standard InChI is InChI=1S/C12H20ClNO3/c1-12(2,3)17-11(16)14-7-5-4-6-9(14)10(15)8-13/h9H,4-8H2,1-3H3/t9-/m1/s1. The first-order valence-corrected chi connectivity index (χ1v) is 6.47. The minimum absolute atomic E-state index is 0.0516. The molecule has 0 N–H and O–H groups in total. The highest BCUT2D eigenvalue weighted by Crippen LogP contribution is 2.21. The number of ether oxygens (including phenoxy) is 1. The number of carbonyl (C=O) groups excluding carboxylic acids is 2. The third-order valence-corrected chi connectivity index (χ3v) is 2.90. The fourth-order valence-corrected chi connectivity index (χ4v) is 2.07. The van der Waals surface area contributed by atoms with Gasteiger partial charge in [0.05, 0.1) is 11.9 Å². The van der Waals surface area contributed by atoms with Crippen molar-refractivity contribution in [2.75, 3.05) is 12.4 Å². The summed E-state index contributed by atoms with van der Waals surface area (Å²) in [5.74, 6) is -0.151. The third kappa shape index (κ3) is 4.19. The summed E-state index contributed by atoms with van der Waals surface area (Å²) < 4.78 is 5.29. The molecule has 1 rings (SSSR count). The molecule has 1 atom stereocenters. The van der Waals surface area contributed by atoms with Crippen LogP contribution in [-0.4, -0.2) is 40.8 Å². The van der Waals surface area contributed by atoms with E-state index < -0.39 is 17.7 Å². The SMILES string of the molecule is CC(C)(C)OC(=O)N1CCCC[C@@H]1C(=O)CCl. The number of carbonyl (C=O) groups is 2.